The second-order valence-electron chi connectivity index (χ2n) is 4.79. The molecule has 3 rings (SSSR count). The molecule has 0 spiro atoms. The molecule has 0 radical (unpaired) electrons. The first-order valence-electron chi connectivity index (χ1n) is 6.83. The van der Waals surface area contributed by atoms with Crippen LogP contribution in [0.2, 0.25) is 0 Å². The number of carbonyl (C=O) groups is 1. The molecule has 22 heavy (non-hydrogen) atoms. The normalized spacial score (nSPS) is 10.4. The fourth-order valence-corrected chi connectivity index (χ4v) is 2.07. The first-order valence-corrected chi connectivity index (χ1v) is 6.83. The Bertz CT molecular complexity index is 768. The summed E-state index contributed by atoms with van der Waals surface area (Å²) in [5, 5.41) is 10.6. The van der Waals surface area contributed by atoms with Gasteiger partial charge in [-0.3, -0.25) is 4.79 Å². The summed E-state index contributed by atoms with van der Waals surface area (Å²) in [6, 6.07) is 18.9. The Kier molecular flexibility index (Phi) is 3.82. The van der Waals surface area contributed by atoms with Crippen molar-refractivity contribution < 1.29 is 4.79 Å². The maximum atomic E-state index is 12.2. The van der Waals surface area contributed by atoms with E-state index in [2.05, 4.69) is 15.6 Å². The highest BCUT2D eigenvalue weighted by molar-refractivity contribution is 6.05. The highest BCUT2D eigenvalue weighted by atomic mass is 16.2. The van der Waals surface area contributed by atoms with Crippen molar-refractivity contribution in [1.29, 1.82) is 0 Å². The van der Waals surface area contributed by atoms with E-state index in [0.29, 0.717) is 12.2 Å². The van der Waals surface area contributed by atoms with Crippen LogP contribution in [-0.2, 0) is 6.54 Å². The van der Waals surface area contributed by atoms with E-state index in [1.165, 1.54) is 4.68 Å². The van der Waals surface area contributed by atoms with E-state index >= 15 is 0 Å². The number of nitrogen functional groups attached to an aromatic ring is 1. The van der Waals surface area contributed by atoms with Crippen LogP contribution in [0.4, 0.5) is 11.5 Å². The number of nitrogens with two attached hydrogens (primary N) is 1. The Balaban J connectivity index is 1.77. The van der Waals surface area contributed by atoms with Crippen molar-refractivity contribution in [3.05, 3.63) is 71.9 Å². The number of nitrogens with one attached hydrogen (secondary N) is 1. The molecule has 3 aromatic rings. The SMILES string of the molecule is Nc1c(C(=O)Nc2ccccc2)nnn1Cc1ccccc1. The maximum Gasteiger partial charge on any atom is 0.280 e. The van der Waals surface area contributed by atoms with E-state index < -0.39 is 0 Å². The van der Waals surface area contributed by atoms with E-state index in [4.69, 9.17) is 5.73 Å². The number of hydrogen-bond donors (Lipinski definition) is 2. The molecule has 0 saturated heterocycles. The fourth-order valence-electron chi connectivity index (χ4n) is 2.07. The van der Waals surface area contributed by atoms with Crippen molar-refractivity contribution >= 4 is 17.4 Å². The Morgan fingerprint density at radius 1 is 1.05 bits per heavy atom. The predicted molar refractivity (Wildman–Crippen MR) is 84.4 cm³/mol. The van der Waals surface area contributed by atoms with Crippen LogP contribution in [0.1, 0.15) is 16.1 Å². The molecule has 1 amide bonds. The van der Waals surface area contributed by atoms with Gasteiger partial charge in [0.2, 0.25) is 0 Å². The van der Waals surface area contributed by atoms with Crippen LogP contribution in [0.15, 0.2) is 60.7 Å². The van der Waals surface area contributed by atoms with Crippen molar-refractivity contribution in [3.8, 4) is 0 Å². The molecule has 0 saturated carbocycles. The second-order valence-corrected chi connectivity index (χ2v) is 4.79. The van der Waals surface area contributed by atoms with Gasteiger partial charge in [0, 0.05) is 5.69 Å². The summed E-state index contributed by atoms with van der Waals surface area (Å²) in [6.07, 6.45) is 0. The van der Waals surface area contributed by atoms with Gasteiger partial charge in [0.25, 0.3) is 5.91 Å². The summed E-state index contributed by atoms with van der Waals surface area (Å²) in [7, 11) is 0. The van der Waals surface area contributed by atoms with E-state index in [1.807, 2.05) is 48.5 Å². The highest BCUT2D eigenvalue weighted by Crippen LogP contribution is 2.13. The number of aromatic nitrogens is 3. The quantitative estimate of drug-likeness (QED) is 0.772. The highest BCUT2D eigenvalue weighted by Gasteiger charge is 2.17. The molecule has 1 heterocycles. The van der Waals surface area contributed by atoms with Gasteiger partial charge in [0.05, 0.1) is 6.54 Å². The van der Waals surface area contributed by atoms with Gasteiger partial charge in [-0.15, -0.1) is 5.10 Å². The van der Waals surface area contributed by atoms with Crippen molar-refractivity contribution in [2.75, 3.05) is 11.1 Å². The van der Waals surface area contributed by atoms with Crippen molar-refractivity contribution in [1.82, 2.24) is 15.0 Å². The summed E-state index contributed by atoms with van der Waals surface area (Å²) in [6.45, 7) is 0.471. The van der Waals surface area contributed by atoms with Gasteiger partial charge in [0.1, 0.15) is 0 Å². The molecule has 0 fully saturated rings. The van der Waals surface area contributed by atoms with E-state index in [9.17, 15) is 4.79 Å². The maximum absolute atomic E-state index is 12.2. The third-order valence-corrected chi connectivity index (χ3v) is 3.20. The summed E-state index contributed by atoms with van der Waals surface area (Å²) < 4.78 is 1.51. The van der Waals surface area contributed by atoms with Crippen LogP contribution in [0.3, 0.4) is 0 Å². The zero-order valence-electron chi connectivity index (χ0n) is 11.8. The molecule has 3 N–H and O–H groups in total. The monoisotopic (exact) mass is 293 g/mol. The summed E-state index contributed by atoms with van der Waals surface area (Å²) in [5.41, 5.74) is 7.83. The van der Waals surface area contributed by atoms with E-state index in [1.54, 1.807) is 12.1 Å². The number of hydrogen-bond acceptors (Lipinski definition) is 4. The second kappa shape index (κ2) is 6.09. The number of benzene rings is 2. The lowest BCUT2D eigenvalue weighted by atomic mass is 10.2. The molecule has 0 unspecified atom stereocenters. The summed E-state index contributed by atoms with van der Waals surface area (Å²) in [5.74, 6) is -0.125. The molecule has 0 bridgehead atoms. The van der Waals surface area contributed by atoms with E-state index in [-0.39, 0.29) is 17.4 Å². The molecule has 0 aliphatic heterocycles. The van der Waals surface area contributed by atoms with Crippen LogP contribution in [0.25, 0.3) is 0 Å². The number of rotatable bonds is 4. The van der Waals surface area contributed by atoms with Gasteiger partial charge in [0.15, 0.2) is 11.5 Å². The van der Waals surface area contributed by atoms with Crippen LogP contribution in [0.5, 0.6) is 0 Å². The minimum absolute atomic E-state index is 0.125. The fraction of sp³-hybridized carbons (Fsp3) is 0.0625. The standard InChI is InChI=1S/C16H15N5O/c17-15-14(16(22)18-13-9-5-2-6-10-13)19-20-21(15)11-12-7-3-1-4-8-12/h1-10H,11,17H2,(H,18,22). The molecule has 110 valence electrons. The average molecular weight is 293 g/mol. The number of anilines is 2. The molecule has 2 aromatic carbocycles. The average Bonchev–Trinajstić information content (AvgIpc) is 2.90. The number of amides is 1. The Labute approximate surface area is 127 Å². The lowest BCUT2D eigenvalue weighted by Gasteiger charge is -2.05. The van der Waals surface area contributed by atoms with Crippen molar-refractivity contribution in [2.24, 2.45) is 0 Å². The molecule has 1 aromatic heterocycles. The van der Waals surface area contributed by atoms with Gasteiger partial charge >= 0.3 is 0 Å². The van der Waals surface area contributed by atoms with Gasteiger partial charge in [-0.05, 0) is 17.7 Å². The molecule has 6 nitrogen and oxygen atoms in total. The van der Waals surface area contributed by atoms with Crippen LogP contribution in [-0.4, -0.2) is 20.9 Å². The minimum atomic E-state index is -0.372. The van der Waals surface area contributed by atoms with Crippen LogP contribution in [0, 0.1) is 0 Å². The third kappa shape index (κ3) is 2.95. The molecule has 0 aliphatic rings. The summed E-state index contributed by atoms with van der Waals surface area (Å²) in [4.78, 5) is 12.2. The van der Waals surface area contributed by atoms with Crippen LogP contribution < -0.4 is 11.1 Å². The van der Waals surface area contributed by atoms with Crippen LogP contribution >= 0.6 is 0 Å². The number of carbonyl (C=O) groups excluding carboxylic acids is 1. The summed E-state index contributed by atoms with van der Waals surface area (Å²) >= 11 is 0. The van der Waals surface area contributed by atoms with Gasteiger partial charge < -0.3 is 11.1 Å². The largest absolute Gasteiger partial charge is 0.382 e. The van der Waals surface area contributed by atoms with Gasteiger partial charge in [-0.25, -0.2) is 4.68 Å². The van der Waals surface area contributed by atoms with E-state index in [0.717, 1.165) is 5.56 Å². The Hall–Kier alpha value is -3.15. The predicted octanol–water partition coefficient (Wildman–Crippen LogP) is 2.16. The lowest BCUT2D eigenvalue weighted by Crippen LogP contribution is -2.15. The molecule has 6 heteroatoms. The zero-order valence-corrected chi connectivity index (χ0v) is 11.8. The van der Waals surface area contributed by atoms with Crippen molar-refractivity contribution in [2.45, 2.75) is 6.54 Å². The Morgan fingerprint density at radius 2 is 1.68 bits per heavy atom. The number of para-hydroxylation sites is 1. The molecule has 0 aliphatic carbocycles. The zero-order chi connectivity index (χ0) is 15.4. The van der Waals surface area contributed by atoms with Crippen molar-refractivity contribution in [3.63, 3.8) is 0 Å². The lowest BCUT2D eigenvalue weighted by molar-refractivity contribution is 0.102. The number of nitrogens with zero attached hydrogens (tertiary/aromatic N) is 3. The molecular formula is C16H15N5O. The first-order chi connectivity index (χ1) is 10.7. The Morgan fingerprint density at radius 3 is 2.36 bits per heavy atom. The smallest absolute Gasteiger partial charge is 0.280 e. The molecule has 0 atom stereocenters. The topological polar surface area (TPSA) is 85.8 Å². The van der Waals surface area contributed by atoms with Gasteiger partial charge in [-0.1, -0.05) is 53.7 Å². The first kappa shape index (κ1) is 13.8. The third-order valence-electron chi connectivity index (χ3n) is 3.20. The minimum Gasteiger partial charge on any atom is -0.382 e. The van der Waals surface area contributed by atoms with Gasteiger partial charge in [-0.2, -0.15) is 0 Å². The molecular weight excluding hydrogens is 278 g/mol.